The van der Waals surface area contributed by atoms with Crippen molar-refractivity contribution in [1.29, 1.82) is 0 Å². The quantitative estimate of drug-likeness (QED) is 0.853. The highest BCUT2D eigenvalue weighted by molar-refractivity contribution is 7.89. The van der Waals surface area contributed by atoms with Crippen molar-refractivity contribution in [3.05, 3.63) is 12.4 Å². The summed E-state index contributed by atoms with van der Waals surface area (Å²) >= 11 is 0. The summed E-state index contributed by atoms with van der Waals surface area (Å²) in [6.45, 7) is 4.58. The van der Waals surface area contributed by atoms with Gasteiger partial charge in [-0.05, 0) is 24.7 Å². The second-order valence-corrected chi connectivity index (χ2v) is 7.96. The highest BCUT2D eigenvalue weighted by Gasteiger charge is 2.31. The molecule has 1 aliphatic rings. The molecule has 0 bridgehead atoms. The molecule has 0 aliphatic heterocycles. The molecule has 7 heteroatoms. The van der Waals surface area contributed by atoms with Crippen LogP contribution in [0.2, 0.25) is 0 Å². The van der Waals surface area contributed by atoms with Gasteiger partial charge in [0.05, 0.1) is 19.3 Å². The van der Waals surface area contributed by atoms with Crippen molar-refractivity contribution >= 4 is 10.0 Å². The number of rotatable bonds is 5. The van der Waals surface area contributed by atoms with Crippen molar-refractivity contribution in [1.82, 2.24) is 14.5 Å². The zero-order chi connectivity index (χ0) is 14.8. The molecule has 1 unspecified atom stereocenters. The average Bonchev–Trinajstić information content (AvgIpc) is 2.77. The normalized spacial score (nSPS) is 22.9. The Morgan fingerprint density at radius 1 is 1.55 bits per heavy atom. The van der Waals surface area contributed by atoms with Crippen LogP contribution in [0.1, 0.15) is 39.5 Å². The van der Waals surface area contributed by atoms with E-state index in [9.17, 15) is 8.42 Å². The minimum absolute atomic E-state index is 0.00931. The Balaban J connectivity index is 2.06. The van der Waals surface area contributed by atoms with Crippen molar-refractivity contribution in [3.8, 4) is 0 Å². The summed E-state index contributed by atoms with van der Waals surface area (Å²) in [6.07, 6.45) is 6.70. The van der Waals surface area contributed by atoms with Crippen LogP contribution >= 0.6 is 0 Å². The fraction of sp³-hybridized carbons (Fsp3) is 0.769. The van der Waals surface area contributed by atoms with E-state index >= 15 is 0 Å². The predicted molar refractivity (Wildman–Crippen MR) is 75.7 cm³/mol. The Hall–Kier alpha value is -0.920. The Morgan fingerprint density at radius 2 is 2.30 bits per heavy atom. The lowest BCUT2D eigenvalue weighted by Gasteiger charge is -2.35. The molecule has 1 heterocycles. The third-order valence-electron chi connectivity index (χ3n) is 3.78. The van der Waals surface area contributed by atoms with Crippen molar-refractivity contribution in [2.24, 2.45) is 5.41 Å². The van der Waals surface area contributed by atoms with E-state index in [1.165, 1.54) is 17.1 Å². The van der Waals surface area contributed by atoms with E-state index in [1.807, 2.05) is 0 Å². The molecule has 0 aromatic carbocycles. The lowest BCUT2D eigenvalue weighted by Crippen LogP contribution is -2.40. The minimum Gasteiger partial charge on any atom is -0.394 e. The monoisotopic (exact) mass is 301 g/mol. The summed E-state index contributed by atoms with van der Waals surface area (Å²) in [4.78, 5) is 0.161. The lowest BCUT2D eigenvalue weighted by atomic mass is 9.75. The molecule has 0 saturated heterocycles. The number of aliphatic hydroxyl groups is 1. The third kappa shape index (κ3) is 3.80. The van der Waals surface area contributed by atoms with Crippen LogP contribution < -0.4 is 4.72 Å². The molecular formula is C13H23N3O3S. The smallest absolute Gasteiger partial charge is 0.243 e. The molecule has 1 atom stereocenters. The third-order valence-corrected chi connectivity index (χ3v) is 5.25. The van der Waals surface area contributed by atoms with E-state index in [1.54, 1.807) is 0 Å². The summed E-state index contributed by atoms with van der Waals surface area (Å²) in [5, 5.41) is 12.8. The van der Waals surface area contributed by atoms with E-state index in [0.717, 1.165) is 25.7 Å². The fourth-order valence-corrected chi connectivity index (χ4v) is 4.02. The number of aliphatic hydroxyl groups excluding tert-OH is 1. The van der Waals surface area contributed by atoms with Crippen LogP contribution in [0.4, 0.5) is 0 Å². The van der Waals surface area contributed by atoms with Crippen LogP contribution in [0.15, 0.2) is 17.3 Å². The van der Waals surface area contributed by atoms with Crippen LogP contribution in [0.3, 0.4) is 0 Å². The highest BCUT2D eigenvalue weighted by Crippen LogP contribution is 2.35. The highest BCUT2D eigenvalue weighted by atomic mass is 32.2. The van der Waals surface area contributed by atoms with Gasteiger partial charge in [0.15, 0.2) is 0 Å². The van der Waals surface area contributed by atoms with E-state index in [0.29, 0.717) is 6.54 Å². The first-order valence-corrected chi connectivity index (χ1v) is 8.46. The molecule has 1 aromatic heterocycles. The average molecular weight is 301 g/mol. The zero-order valence-electron chi connectivity index (χ0n) is 12.0. The number of hydrogen-bond donors (Lipinski definition) is 2. The van der Waals surface area contributed by atoms with Gasteiger partial charge in [-0.25, -0.2) is 13.1 Å². The molecule has 20 heavy (non-hydrogen) atoms. The Labute approximate surface area is 120 Å². The molecule has 6 nitrogen and oxygen atoms in total. The second kappa shape index (κ2) is 5.83. The largest absolute Gasteiger partial charge is 0.394 e. The van der Waals surface area contributed by atoms with Crippen LogP contribution in [-0.4, -0.2) is 36.0 Å². The van der Waals surface area contributed by atoms with Crippen molar-refractivity contribution in [3.63, 3.8) is 0 Å². The van der Waals surface area contributed by atoms with Gasteiger partial charge in [-0.3, -0.25) is 4.68 Å². The van der Waals surface area contributed by atoms with E-state index < -0.39 is 10.0 Å². The van der Waals surface area contributed by atoms with Gasteiger partial charge in [-0.2, -0.15) is 5.10 Å². The standard InChI is InChI=1S/C13H23N3O3S/c1-13(2)5-3-4-11(8-13)15-20(18,19)12-9-14-16(10-12)6-7-17/h9-11,15,17H,3-8H2,1-2H3. The summed E-state index contributed by atoms with van der Waals surface area (Å²) in [5.74, 6) is 0. The van der Waals surface area contributed by atoms with Gasteiger partial charge in [0.25, 0.3) is 0 Å². The van der Waals surface area contributed by atoms with Crippen molar-refractivity contribution in [2.45, 2.75) is 57.0 Å². The summed E-state index contributed by atoms with van der Waals surface area (Å²) in [6, 6.07) is -0.00931. The molecular weight excluding hydrogens is 278 g/mol. The van der Waals surface area contributed by atoms with Gasteiger partial charge in [0.2, 0.25) is 10.0 Å². The van der Waals surface area contributed by atoms with Crippen molar-refractivity contribution < 1.29 is 13.5 Å². The molecule has 1 saturated carbocycles. The van der Waals surface area contributed by atoms with Gasteiger partial charge < -0.3 is 5.11 Å². The predicted octanol–water partition coefficient (Wildman–Crippen LogP) is 1.12. The second-order valence-electron chi connectivity index (χ2n) is 6.24. The van der Waals surface area contributed by atoms with Gasteiger partial charge >= 0.3 is 0 Å². The maximum atomic E-state index is 12.3. The summed E-state index contributed by atoms with van der Waals surface area (Å²) < 4.78 is 28.8. The minimum atomic E-state index is -3.52. The maximum absolute atomic E-state index is 12.3. The SMILES string of the molecule is CC1(C)CCCC(NS(=O)(=O)c2cnn(CCO)c2)C1. The number of aromatic nitrogens is 2. The molecule has 114 valence electrons. The van der Waals surface area contributed by atoms with Crippen LogP contribution in [0.25, 0.3) is 0 Å². The molecule has 0 radical (unpaired) electrons. The van der Waals surface area contributed by atoms with Gasteiger partial charge in [-0.15, -0.1) is 0 Å². The summed E-state index contributed by atoms with van der Waals surface area (Å²) in [7, 11) is -3.52. The lowest BCUT2D eigenvalue weighted by molar-refractivity contribution is 0.212. The molecule has 0 spiro atoms. The maximum Gasteiger partial charge on any atom is 0.243 e. The van der Waals surface area contributed by atoms with E-state index in [2.05, 4.69) is 23.7 Å². The topological polar surface area (TPSA) is 84.2 Å². The van der Waals surface area contributed by atoms with Crippen molar-refractivity contribution in [2.75, 3.05) is 6.61 Å². The van der Waals surface area contributed by atoms with Crippen LogP contribution in [0, 0.1) is 5.41 Å². The Kier molecular flexibility index (Phi) is 4.51. The number of nitrogens with one attached hydrogen (secondary N) is 1. The molecule has 1 aliphatic carbocycles. The first kappa shape index (κ1) is 15.5. The number of hydrogen-bond acceptors (Lipinski definition) is 4. The van der Waals surface area contributed by atoms with E-state index in [4.69, 9.17) is 5.11 Å². The van der Waals surface area contributed by atoms with Crippen LogP contribution in [0.5, 0.6) is 0 Å². The number of nitrogens with zero attached hydrogens (tertiary/aromatic N) is 2. The van der Waals surface area contributed by atoms with Gasteiger partial charge in [-0.1, -0.05) is 20.3 Å². The number of sulfonamides is 1. The zero-order valence-corrected chi connectivity index (χ0v) is 12.9. The Morgan fingerprint density at radius 3 is 2.95 bits per heavy atom. The summed E-state index contributed by atoms with van der Waals surface area (Å²) in [5.41, 5.74) is 0.187. The van der Waals surface area contributed by atoms with E-state index in [-0.39, 0.29) is 23.0 Å². The molecule has 2 N–H and O–H groups in total. The van der Waals surface area contributed by atoms with Gasteiger partial charge in [0.1, 0.15) is 4.90 Å². The first-order valence-electron chi connectivity index (χ1n) is 6.98. The fourth-order valence-electron chi connectivity index (χ4n) is 2.79. The molecule has 0 amide bonds. The van der Waals surface area contributed by atoms with Crippen LogP contribution in [-0.2, 0) is 16.6 Å². The Bertz CT molecular complexity index is 551. The molecule has 2 rings (SSSR count). The molecule has 1 fully saturated rings. The molecule has 1 aromatic rings. The first-order chi connectivity index (χ1) is 9.32. The van der Waals surface area contributed by atoms with Gasteiger partial charge in [0, 0.05) is 12.2 Å².